The maximum atomic E-state index is 10.2. The Labute approximate surface area is 90.3 Å². The van der Waals surface area contributed by atoms with Crippen LogP contribution in [0.1, 0.15) is 5.56 Å². The van der Waals surface area contributed by atoms with Crippen LogP contribution < -0.4 is 5.32 Å². The highest BCUT2D eigenvalue weighted by Crippen LogP contribution is 2.11. The third kappa shape index (κ3) is 3.63. The lowest BCUT2D eigenvalue weighted by Gasteiger charge is -2.03. The standard InChI is InChI=1S/C9H10INO2/c10-8-4-2-1-3-7(8)5-6-11-9(12)13/h1-4,11H,5-6H2,(H,12,13). The van der Waals surface area contributed by atoms with E-state index in [0.29, 0.717) is 6.54 Å². The van der Waals surface area contributed by atoms with Crippen molar-refractivity contribution in [3.63, 3.8) is 0 Å². The molecule has 3 nitrogen and oxygen atoms in total. The average molecular weight is 291 g/mol. The van der Waals surface area contributed by atoms with Gasteiger partial charge in [-0.3, -0.25) is 0 Å². The van der Waals surface area contributed by atoms with Crippen LogP contribution in [-0.2, 0) is 6.42 Å². The zero-order valence-electron chi connectivity index (χ0n) is 6.96. The highest BCUT2D eigenvalue weighted by molar-refractivity contribution is 14.1. The van der Waals surface area contributed by atoms with Gasteiger partial charge >= 0.3 is 6.09 Å². The van der Waals surface area contributed by atoms with Gasteiger partial charge in [-0.25, -0.2) is 4.79 Å². The van der Waals surface area contributed by atoms with Crippen molar-refractivity contribution in [2.75, 3.05) is 6.54 Å². The third-order valence-corrected chi connectivity index (χ3v) is 2.68. The number of amides is 1. The van der Waals surface area contributed by atoms with E-state index in [-0.39, 0.29) is 0 Å². The number of benzene rings is 1. The molecule has 0 unspecified atom stereocenters. The van der Waals surface area contributed by atoms with Crippen LogP contribution in [0.2, 0.25) is 0 Å². The summed E-state index contributed by atoms with van der Waals surface area (Å²) in [4.78, 5) is 10.2. The van der Waals surface area contributed by atoms with Crippen molar-refractivity contribution in [3.05, 3.63) is 33.4 Å². The Morgan fingerprint density at radius 2 is 2.15 bits per heavy atom. The summed E-state index contributed by atoms with van der Waals surface area (Å²) in [7, 11) is 0. The minimum atomic E-state index is -0.967. The Morgan fingerprint density at radius 1 is 1.46 bits per heavy atom. The molecule has 0 fully saturated rings. The second kappa shape index (κ2) is 5.06. The zero-order valence-corrected chi connectivity index (χ0v) is 9.11. The molecule has 0 aromatic heterocycles. The molecule has 0 atom stereocenters. The maximum absolute atomic E-state index is 10.2. The molecule has 1 amide bonds. The average Bonchev–Trinajstić information content (AvgIpc) is 2.08. The molecule has 0 radical (unpaired) electrons. The van der Waals surface area contributed by atoms with E-state index in [1.54, 1.807) is 0 Å². The van der Waals surface area contributed by atoms with Gasteiger partial charge in [-0.1, -0.05) is 18.2 Å². The van der Waals surface area contributed by atoms with Gasteiger partial charge in [-0.15, -0.1) is 0 Å². The third-order valence-electron chi connectivity index (χ3n) is 1.63. The first kappa shape index (κ1) is 10.3. The van der Waals surface area contributed by atoms with Gasteiger partial charge in [-0.05, 0) is 40.6 Å². The molecule has 0 aliphatic heterocycles. The van der Waals surface area contributed by atoms with Crippen LogP contribution >= 0.6 is 22.6 Å². The van der Waals surface area contributed by atoms with Gasteiger partial charge in [0.1, 0.15) is 0 Å². The molecular formula is C9H10INO2. The molecule has 0 aliphatic carbocycles. The first-order valence-corrected chi connectivity index (χ1v) is 4.98. The molecular weight excluding hydrogens is 281 g/mol. The van der Waals surface area contributed by atoms with E-state index in [1.165, 1.54) is 9.13 Å². The van der Waals surface area contributed by atoms with Crippen molar-refractivity contribution in [1.82, 2.24) is 5.32 Å². The number of rotatable bonds is 3. The van der Waals surface area contributed by atoms with Crippen molar-refractivity contribution < 1.29 is 9.90 Å². The highest BCUT2D eigenvalue weighted by atomic mass is 127. The van der Waals surface area contributed by atoms with E-state index in [9.17, 15) is 4.79 Å². The fourth-order valence-electron chi connectivity index (χ4n) is 1.01. The predicted molar refractivity (Wildman–Crippen MR) is 58.9 cm³/mol. The van der Waals surface area contributed by atoms with Crippen LogP contribution in [0, 0.1) is 3.57 Å². The molecule has 2 N–H and O–H groups in total. The Morgan fingerprint density at radius 3 is 2.77 bits per heavy atom. The molecule has 1 rings (SSSR count). The number of halogens is 1. The minimum absolute atomic E-state index is 0.468. The number of hydrogen-bond acceptors (Lipinski definition) is 1. The van der Waals surface area contributed by atoms with Crippen LogP contribution in [0.4, 0.5) is 4.79 Å². The molecule has 0 heterocycles. The van der Waals surface area contributed by atoms with Gasteiger partial charge < -0.3 is 10.4 Å². The summed E-state index contributed by atoms with van der Waals surface area (Å²) in [5.74, 6) is 0. The van der Waals surface area contributed by atoms with E-state index in [0.717, 1.165) is 6.42 Å². The maximum Gasteiger partial charge on any atom is 0.404 e. The lowest BCUT2D eigenvalue weighted by Crippen LogP contribution is -2.23. The zero-order chi connectivity index (χ0) is 9.68. The SMILES string of the molecule is O=C(O)NCCc1ccccc1I. The largest absolute Gasteiger partial charge is 0.465 e. The molecule has 4 heteroatoms. The summed E-state index contributed by atoms with van der Waals surface area (Å²) in [6.45, 7) is 0.468. The van der Waals surface area contributed by atoms with Crippen LogP contribution in [0.5, 0.6) is 0 Å². The Hall–Kier alpha value is -0.780. The first-order chi connectivity index (χ1) is 6.20. The van der Waals surface area contributed by atoms with Crippen LogP contribution in [0.15, 0.2) is 24.3 Å². The quantitative estimate of drug-likeness (QED) is 0.838. The summed E-state index contributed by atoms with van der Waals surface area (Å²) in [5.41, 5.74) is 1.18. The van der Waals surface area contributed by atoms with Crippen molar-refractivity contribution >= 4 is 28.7 Å². The van der Waals surface area contributed by atoms with E-state index in [4.69, 9.17) is 5.11 Å². The Balaban J connectivity index is 2.45. The monoisotopic (exact) mass is 291 g/mol. The summed E-state index contributed by atoms with van der Waals surface area (Å²) in [5, 5.41) is 10.7. The van der Waals surface area contributed by atoms with E-state index < -0.39 is 6.09 Å². The smallest absolute Gasteiger partial charge is 0.404 e. The predicted octanol–water partition coefficient (Wildman–Crippen LogP) is 2.10. The van der Waals surface area contributed by atoms with Gasteiger partial charge in [0.2, 0.25) is 0 Å². The lowest BCUT2D eigenvalue weighted by molar-refractivity contribution is 0.194. The summed E-state index contributed by atoms with van der Waals surface area (Å²) in [6, 6.07) is 7.94. The van der Waals surface area contributed by atoms with Crippen molar-refractivity contribution in [3.8, 4) is 0 Å². The Kier molecular flexibility index (Phi) is 4.01. The number of carbonyl (C=O) groups is 1. The summed E-state index contributed by atoms with van der Waals surface area (Å²) >= 11 is 2.24. The van der Waals surface area contributed by atoms with Crippen LogP contribution in [0.3, 0.4) is 0 Å². The van der Waals surface area contributed by atoms with Gasteiger partial charge in [0, 0.05) is 10.1 Å². The topological polar surface area (TPSA) is 49.3 Å². The molecule has 70 valence electrons. The molecule has 0 bridgehead atoms. The highest BCUT2D eigenvalue weighted by Gasteiger charge is 1.98. The molecule has 0 saturated carbocycles. The summed E-state index contributed by atoms with van der Waals surface area (Å²) in [6.07, 6.45) is -0.225. The lowest BCUT2D eigenvalue weighted by atomic mass is 10.1. The fraction of sp³-hybridized carbons (Fsp3) is 0.222. The molecule has 0 aliphatic rings. The Bertz CT molecular complexity index is 301. The normalized spacial score (nSPS) is 9.62. The van der Waals surface area contributed by atoms with Crippen molar-refractivity contribution in [2.24, 2.45) is 0 Å². The second-order valence-electron chi connectivity index (χ2n) is 2.57. The molecule has 1 aromatic rings. The van der Waals surface area contributed by atoms with Crippen molar-refractivity contribution in [2.45, 2.75) is 6.42 Å². The van der Waals surface area contributed by atoms with E-state index >= 15 is 0 Å². The van der Waals surface area contributed by atoms with Crippen LogP contribution in [0.25, 0.3) is 0 Å². The number of carboxylic acid groups (broad SMARTS) is 1. The minimum Gasteiger partial charge on any atom is -0.465 e. The molecule has 0 spiro atoms. The fourth-order valence-corrected chi connectivity index (χ4v) is 1.66. The summed E-state index contributed by atoms with van der Waals surface area (Å²) < 4.78 is 1.17. The number of hydrogen-bond donors (Lipinski definition) is 2. The van der Waals surface area contributed by atoms with Crippen LogP contribution in [-0.4, -0.2) is 17.7 Å². The van der Waals surface area contributed by atoms with Gasteiger partial charge in [-0.2, -0.15) is 0 Å². The molecule has 0 saturated heterocycles. The molecule has 13 heavy (non-hydrogen) atoms. The van der Waals surface area contributed by atoms with E-state index in [2.05, 4.69) is 27.9 Å². The number of nitrogens with one attached hydrogen (secondary N) is 1. The van der Waals surface area contributed by atoms with Crippen molar-refractivity contribution in [1.29, 1.82) is 0 Å². The van der Waals surface area contributed by atoms with E-state index in [1.807, 2.05) is 24.3 Å². The van der Waals surface area contributed by atoms with Gasteiger partial charge in [0.05, 0.1) is 0 Å². The first-order valence-electron chi connectivity index (χ1n) is 3.90. The second-order valence-corrected chi connectivity index (χ2v) is 3.74. The van der Waals surface area contributed by atoms with Gasteiger partial charge in [0.25, 0.3) is 0 Å². The van der Waals surface area contributed by atoms with Gasteiger partial charge in [0.15, 0.2) is 0 Å². The molecule has 1 aromatic carbocycles.